The zero-order valence-corrected chi connectivity index (χ0v) is 18.1. The third-order valence-corrected chi connectivity index (χ3v) is 5.07. The highest BCUT2D eigenvalue weighted by molar-refractivity contribution is 5.81. The summed E-state index contributed by atoms with van der Waals surface area (Å²) in [5.41, 5.74) is 2.19. The van der Waals surface area contributed by atoms with Gasteiger partial charge in [0.15, 0.2) is 5.96 Å². The number of carbonyl (C=O) groups is 1. The van der Waals surface area contributed by atoms with Gasteiger partial charge in [-0.15, -0.1) is 0 Å². The fraction of sp³-hybridized carbons (Fsp3) is 0.500. The topological polar surface area (TPSA) is 75.0 Å². The predicted molar refractivity (Wildman–Crippen MR) is 117 cm³/mol. The number of carbonyl (C=O) groups excluding carboxylic acids is 1. The molecule has 3 rings (SSSR count). The van der Waals surface area contributed by atoms with Crippen molar-refractivity contribution in [1.29, 1.82) is 0 Å². The first kappa shape index (κ1) is 21.8. The fourth-order valence-electron chi connectivity index (χ4n) is 3.47. The Hall–Kier alpha value is -2.87. The van der Waals surface area contributed by atoms with Gasteiger partial charge in [0.05, 0.1) is 25.9 Å². The number of benzene rings is 1. The van der Waals surface area contributed by atoms with E-state index in [1.54, 1.807) is 9.58 Å². The van der Waals surface area contributed by atoms with E-state index >= 15 is 0 Å². The minimum absolute atomic E-state index is 0.0325. The molecule has 0 spiro atoms. The molecule has 1 aliphatic rings. The van der Waals surface area contributed by atoms with Crippen LogP contribution in [0, 0.1) is 0 Å². The van der Waals surface area contributed by atoms with Crippen molar-refractivity contribution in [2.45, 2.75) is 26.0 Å². The third-order valence-electron chi connectivity index (χ3n) is 5.07. The Morgan fingerprint density at radius 2 is 2.17 bits per heavy atom. The summed E-state index contributed by atoms with van der Waals surface area (Å²) in [6, 6.07) is 10.0. The van der Waals surface area contributed by atoms with E-state index < -0.39 is 0 Å². The SMILES string of the molecule is CCNC(=NCCC(=O)N(C)Cc1ccccc1)N1CCOC(c2cnn(C)c2)C1. The lowest BCUT2D eigenvalue weighted by molar-refractivity contribution is -0.130. The minimum Gasteiger partial charge on any atom is -0.370 e. The Balaban J connectivity index is 1.55. The van der Waals surface area contributed by atoms with Crippen molar-refractivity contribution >= 4 is 11.9 Å². The number of guanidine groups is 1. The van der Waals surface area contributed by atoms with Crippen LogP contribution in [-0.2, 0) is 23.1 Å². The molecule has 1 aromatic carbocycles. The van der Waals surface area contributed by atoms with Gasteiger partial charge in [-0.05, 0) is 12.5 Å². The van der Waals surface area contributed by atoms with Crippen LogP contribution in [0.15, 0.2) is 47.7 Å². The van der Waals surface area contributed by atoms with Crippen molar-refractivity contribution in [2.24, 2.45) is 12.0 Å². The fourth-order valence-corrected chi connectivity index (χ4v) is 3.47. The maximum Gasteiger partial charge on any atom is 0.224 e. The van der Waals surface area contributed by atoms with Gasteiger partial charge in [0.25, 0.3) is 0 Å². The summed E-state index contributed by atoms with van der Waals surface area (Å²) in [6.45, 7) is 5.99. The quantitative estimate of drug-likeness (QED) is 0.555. The number of ether oxygens (including phenoxy) is 1. The van der Waals surface area contributed by atoms with Crippen LogP contribution in [-0.4, -0.2) is 71.3 Å². The maximum absolute atomic E-state index is 12.5. The van der Waals surface area contributed by atoms with Crippen molar-refractivity contribution in [3.63, 3.8) is 0 Å². The second-order valence-electron chi connectivity index (χ2n) is 7.47. The second-order valence-corrected chi connectivity index (χ2v) is 7.47. The molecule has 0 saturated carbocycles. The van der Waals surface area contributed by atoms with Gasteiger partial charge in [-0.25, -0.2) is 0 Å². The molecule has 30 heavy (non-hydrogen) atoms. The van der Waals surface area contributed by atoms with Crippen molar-refractivity contribution < 1.29 is 9.53 Å². The molecular formula is C22H32N6O2. The normalized spacial score (nSPS) is 17.1. The third kappa shape index (κ3) is 6.06. The number of nitrogens with zero attached hydrogens (tertiary/aromatic N) is 5. The number of amides is 1. The monoisotopic (exact) mass is 412 g/mol. The van der Waals surface area contributed by atoms with Crippen LogP contribution in [0.1, 0.15) is 30.6 Å². The molecule has 8 nitrogen and oxygen atoms in total. The summed E-state index contributed by atoms with van der Waals surface area (Å²) in [6.07, 6.45) is 4.18. The number of morpholine rings is 1. The molecule has 2 heterocycles. The van der Waals surface area contributed by atoms with Crippen LogP contribution >= 0.6 is 0 Å². The molecule has 0 radical (unpaired) electrons. The van der Waals surface area contributed by atoms with E-state index in [0.29, 0.717) is 32.7 Å². The summed E-state index contributed by atoms with van der Waals surface area (Å²) < 4.78 is 7.71. The zero-order valence-electron chi connectivity index (χ0n) is 18.1. The van der Waals surface area contributed by atoms with E-state index in [1.807, 2.05) is 63.7 Å². The van der Waals surface area contributed by atoms with Gasteiger partial charge >= 0.3 is 0 Å². The molecule has 0 bridgehead atoms. The molecule has 1 aliphatic heterocycles. The maximum atomic E-state index is 12.5. The van der Waals surface area contributed by atoms with Crippen LogP contribution in [0.4, 0.5) is 0 Å². The zero-order chi connectivity index (χ0) is 21.3. The lowest BCUT2D eigenvalue weighted by Crippen LogP contribution is -2.48. The van der Waals surface area contributed by atoms with Gasteiger partial charge in [-0.1, -0.05) is 30.3 Å². The average Bonchev–Trinajstić information content (AvgIpc) is 3.20. The Morgan fingerprint density at radius 1 is 1.37 bits per heavy atom. The molecule has 1 unspecified atom stereocenters. The standard InChI is InChI=1S/C22H32N6O2/c1-4-23-22(28-12-13-30-20(17-28)19-14-25-27(3)16-19)24-11-10-21(29)26(2)15-18-8-6-5-7-9-18/h5-9,14,16,20H,4,10-13,15,17H2,1-3H3,(H,23,24). The van der Waals surface area contributed by atoms with Crippen molar-refractivity contribution in [3.8, 4) is 0 Å². The van der Waals surface area contributed by atoms with Gasteiger partial charge < -0.3 is 19.9 Å². The van der Waals surface area contributed by atoms with E-state index in [0.717, 1.165) is 30.2 Å². The summed E-state index contributed by atoms with van der Waals surface area (Å²) in [4.78, 5) is 21.2. The first-order valence-electron chi connectivity index (χ1n) is 10.5. The minimum atomic E-state index is -0.0325. The Labute approximate surface area is 178 Å². The highest BCUT2D eigenvalue weighted by atomic mass is 16.5. The molecule has 8 heteroatoms. The van der Waals surface area contributed by atoms with E-state index in [1.165, 1.54) is 0 Å². The van der Waals surface area contributed by atoms with Crippen LogP contribution in [0.2, 0.25) is 0 Å². The number of hydrogen-bond acceptors (Lipinski definition) is 4. The smallest absolute Gasteiger partial charge is 0.224 e. The average molecular weight is 413 g/mol. The van der Waals surface area contributed by atoms with Crippen molar-refractivity contribution in [1.82, 2.24) is 24.9 Å². The number of hydrogen-bond donors (Lipinski definition) is 1. The lowest BCUT2D eigenvalue weighted by atomic mass is 10.1. The Bertz CT molecular complexity index is 835. The van der Waals surface area contributed by atoms with Gasteiger partial charge in [0.1, 0.15) is 6.10 Å². The van der Waals surface area contributed by atoms with Gasteiger partial charge in [-0.3, -0.25) is 14.5 Å². The van der Waals surface area contributed by atoms with E-state index in [-0.39, 0.29) is 12.0 Å². The molecule has 1 saturated heterocycles. The molecular weight excluding hydrogens is 380 g/mol. The molecule has 0 aliphatic carbocycles. The molecule has 1 amide bonds. The summed E-state index contributed by atoms with van der Waals surface area (Å²) in [5, 5.41) is 7.59. The predicted octanol–water partition coefficient (Wildman–Crippen LogP) is 1.81. The summed E-state index contributed by atoms with van der Waals surface area (Å²) in [5.74, 6) is 0.918. The molecule has 1 fully saturated rings. The van der Waals surface area contributed by atoms with Crippen molar-refractivity contribution in [3.05, 3.63) is 53.9 Å². The van der Waals surface area contributed by atoms with Crippen LogP contribution in [0.3, 0.4) is 0 Å². The number of nitrogens with one attached hydrogen (secondary N) is 1. The van der Waals surface area contributed by atoms with Crippen LogP contribution in [0.25, 0.3) is 0 Å². The number of aryl methyl sites for hydroxylation is 1. The number of rotatable bonds is 7. The van der Waals surface area contributed by atoms with Gasteiger partial charge in [0, 0.05) is 51.9 Å². The summed E-state index contributed by atoms with van der Waals surface area (Å²) in [7, 11) is 3.74. The highest BCUT2D eigenvalue weighted by Crippen LogP contribution is 2.21. The van der Waals surface area contributed by atoms with E-state index in [9.17, 15) is 4.79 Å². The second kappa shape index (κ2) is 10.8. The molecule has 1 aromatic heterocycles. The molecule has 2 aromatic rings. The Kier molecular flexibility index (Phi) is 7.84. The van der Waals surface area contributed by atoms with E-state index in [4.69, 9.17) is 9.73 Å². The summed E-state index contributed by atoms with van der Waals surface area (Å²) >= 11 is 0. The Morgan fingerprint density at radius 3 is 2.87 bits per heavy atom. The van der Waals surface area contributed by atoms with E-state index in [2.05, 4.69) is 15.3 Å². The van der Waals surface area contributed by atoms with Crippen LogP contribution < -0.4 is 5.32 Å². The first-order valence-corrected chi connectivity index (χ1v) is 10.5. The van der Waals surface area contributed by atoms with Crippen molar-refractivity contribution in [2.75, 3.05) is 39.8 Å². The first-order chi connectivity index (χ1) is 14.6. The van der Waals surface area contributed by atoms with Gasteiger partial charge in [-0.2, -0.15) is 5.10 Å². The largest absolute Gasteiger partial charge is 0.370 e. The molecule has 1 atom stereocenters. The molecule has 1 N–H and O–H groups in total. The molecule has 162 valence electrons. The number of aliphatic imine (C=N–C) groups is 1. The van der Waals surface area contributed by atoms with Gasteiger partial charge in [0.2, 0.25) is 5.91 Å². The lowest BCUT2D eigenvalue weighted by Gasteiger charge is -2.34. The number of aromatic nitrogens is 2. The van der Waals surface area contributed by atoms with Crippen LogP contribution in [0.5, 0.6) is 0 Å². The highest BCUT2D eigenvalue weighted by Gasteiger charge is 2.25.